The predicted molar refractivity (Wildman–Crippen MR) is 137 cm³/mol. The molecule has 1 aliphatic heterocycles. The van der Waals surface area contributed by atoms with Crippen molar-refractivity contribution in [3.8, 4) is 0 Å². The van der Waals surface area contributed by atoms with Gasteiger partial charge in [0.1, 0.15) is 6.33 Å². The van der Waals surface area contributed by atoms with Crippen LogP contribution in [0.2, 0.25) is 5.02 Å². The lowest BCUT2D eigenvalue weighted by molar-refractivity contribution is -0.139. The molecule has 2 aromatic carbocycles. The lowest BCUT2D eigenvalue weighted by atomic mass is 10.1. The van der Waals surface area contributed by atoms with Gasteiger partial charge in [-0.1, -0.05) is 17.7 Å². The normalized spacial score (nSPS) is 16.2. The van der Waals surface area contributed by atoms with Gasteiger partial charge in [0.2, 0.25) is 5.82 Å². The van der Waals surface area contributed by atoms with Crippen molar-refractivity contribution in [1.82, 2.24) is 25.4 Å². The van der Waals surface area contributed by atoms with Crippen LogP contribution in [0.1, 0.15) is 39.9 Å². The number of piperazine rings is 1. The van der Waals surface area contributed by atoms with E-state index in [1.165, 1.54) is 18.2 Å². The van der Waals surface area contributed by atoms with Gasteiger partial charge in [0.25, 0.3) is 11.8 Å². The van der Waals surface area contributed by atoms with Crippen molar-refractivity contribution in [3.05, 3.63) is 70.3 Å². The number of nitrogens with zero attached hydrogens (tertiary/aromatic N) is 4. The Morgan fingerprint density at radius 1 is 1.12 bits per heavy atom. The predicted octanol–water partition coefficient (Wildman–Crippen LogP) is 4.38. The van der Waals surface area contributed by atoms with Gasteiger partial charge in [0.05, 0.1) is 23.4 Å². The summed E-state index contributed by atoms with van der Waals surface area (Å²) < 4.78 is 67.7. The average molecular weight is 586 g/mol. The Morgan fingerprint density at radius 3 is 2.58 bits per heavy atom. The minimum absolute atomic E-state index is 0.104. The summed E-state index contributed by atoms with van der Waals surface area (Å²) in [6.07, 6.45) is -4.04. The number of benzene rings is 2. The van der Waals surface area contributed by atoms with E-state index in [2.05, 4.69) is 25.8 Å². The molecule has 1 fully saturated rings. The lowest BCUT2D eigenvalue weighted by Crippen LogP contribution is -2.52. The Hall–Kier alpha value is -3.78. The molecule has 4 rings (SSSR count). The second kappa shape index (κ2) is 12.2. The Morgan fingerprint density at radius 2 is 1.90 bits per heavy atom. The minimum Gasteiger partial charge on any atom is -0.367 e. The van der Waals surface area contributed by atoms with E-state index in [-0.39, 0.29) is 36.2 Å². The summed E-state index contributed by atoms with van der Waals surface area (Å²) in [4.78, 5) is 32.2. The van der Waals surface area contributed by atoms with Gasteiger partial charge < -0.3 is 15.5 Å². The van der Waals surface area contributed by atoms with Crippen LogP contribution >= 0.6 is 11.6 Å². The summed E-state index contributed by atoms with van der Waals surface area (Å²) in [5, 5.41) is 11.2. The van der Waals surface area contributed by atoms with Crippen LogP contribution in [0.4, 0.5) is 33.3 Å². The fourth-order valence-corrected chi connectivity index (χ4v) is 4.52. The van der Waals surface area contributed by atoms with Crippen molar-refractivity contribution < 1.29 is 31.5 Å². The van der Waals surface area contributed by atoms with Gasteiger partial charge in [-0.05, 0) is 31.2 Å². The van der Waals surface area contributed by atoms with Crippen molar-refractivity contribution in [2.75, 3.05) is 36.4 Å². The summed E-state index contributed by atoms with van der Waals surface area (Å²) >= 11 is 6.18. The summed E-state index contributed by atoms with van der Waals surface area (Å²) in [5.74, 6) is -4.40. The van der Waals surface area contributed by atoms with Crippen LogP contribution in [-0.2, 0) is 6.54 Å². The fourth-order valence-electron chi connectivity index (χ4n) is 4.35. The number of amides is 2. The highest BCUT2D eigenvalue weighted by Gasteiger charge is 2.31. The maximum absolute atomic E-state index is 14.9. The van der Waals surface area contributed by atoms with Crippen LogP contribution in [0.15, 0.2) is 36.7 Å². The Bertz CT molecular complexity index is 1370. The first-order valence-corrected chi connectivity index (χ1v) is 12.6. The highest BCUT2D eigenvalue weighted by molar-refractivity contribution is 6.31. The number of aromatic nitrogens is 3. The molecule has 0 radical (unpaired) electrons. The van der Waals surface area contributed by atoms with Crippen LogP contribution in [0, 0.1) is 11.6 Å². The number of nitrogens with one attached hydrogen (secondary N) is 3. The van der Waals surface area contributed by atoms with E-state index in [0.717, 1.165) is 12.4 Å². The second-order valence-corrected chi connectivity index (χ2v) is 9.67. The zero-order chi connectivity index (χ0) is 29.0. The molecular formula is C25H25ClF5N7O2. The third-order valence-corrected chi connectivity index (χ3v) is 6.71. The molecule has 214 valence electrons. The number of H-pyrrole nitrogens is 1. The Balaban J connectivity index is 1.45. The number of alkyl halides is 3. The molecule has 0 aliphatic carbocycles. The third kappa shape index (κ3) is 7.04. The number of hydrogen-bond donors (Lipinski definition) is 3. The van der Waals surface area contributed by atoms with Crippen LogP contribution in [0.5, 0.6) is 0 Å². The molecule has 3 aromatic rings. The van der Waals surface area contributed by atoms with Crippen molar-refractivity contribution in [2.24, 2.45) is 0 Å². The highest BCUT2D eigenvalue weighted by atomic mass is 35.5. The molecule has 2 heterocycles. The Labute approximate surface area is 230 Å². The van der Waals surface area contributed by atoms with Gasteiger partial charge in [-0.3, -0.25) is 19.6 Å². The number of anilines is 2. The summed E-state index contributed by atoms with van der Waals surface area (Å²) in [7, 11) is 0. The molecule has 15 heteroatoms. The molecule has 2 amide bonds. The van der Waals surface area contributed by atoms with Gasteiger partial charge in [0, 0.05) is 49.4 Å². The van der Waals surface area contributed by atoms with Gasteiger partial charge in [-0.25, -0.2) is 13.8 Å². The molecule has 0 bridgehead atoms. The zero-order valence-electron chi connectivity index (χ0n) is 21.2. The lowest BCUT2D eigenvalue weighted by Gasteiger charge is -2.41. The van der Waals surface area contributed by atoms with Gasteiger partial charge in [-0.2, -0.15) is 18.3 Å². The highest BCUT2D eigenvalue weighted by Crippen LogP contribution is 2.32. The van der Waals surface area contributed by atoms with Crippen LogP contribution in [-0.4, -0.2) is 70.3 Å². The number of carbonyl (C=O) groups is 2. The fraction of sp³-hybridized carbons (Fsp3) is 0.360. The topological polar surface area (TPSA) is 106 Å². The molecule has 1 saturated heterocycles. The molecule has 0 unspecified atom stereocenters. The van der Waals surface area contributed by atoms with Crippen molar-refractivity contribution >= 4 is 34.8 Å². The number of aromatic amines is 1. The van der Waals surface area contributed by atoms with E-state index in [1.54, 1.807) is 17.9 Å². The van der Waals surface area contributed by atoms with Crippen molar-refractivity contribution in [1.29, 1.82) is 0 Å². The van der Waals surface area contributed by atoms with Gasteiger partial charge >= 0.3 is 6.18 Å². The van der Waals surface area contributed by atoms with Crippen molar-refractivity contribution in [2.45, 2.75) is 32.1 Å². The first-order chi connectivity index (χ1) is 18.9. The SMILES string of the molecule is C[C@H]1CN(c2cc(Cl)ccc2NC(=O)c2ccc(CNC(=O)c3ncn[nH]3)c(F)c2F)CCN1CCC(F)(F)F. The monoisotopic (exact) mass is 585 g/mol. The molecule has 0 saturated carbocycles. The molecule has 1 aromatic heterocycles. The van der Waals surface area contributed by atoms with E-state index >= 15 is 0 Å². The third-order valence-electron chi connectivity index (χ3n) is 6.47. The van der Waals surface area contributed by atoms with Crippen LogP contribution < -0.4 is 15.5 Å². The number of rotatable bonds is 8. The summed E-state index contributed by atoms with van der Waals surface area (Å²) in [6, 6.07) is 6.67. The van der Waals surface area contributed by atoms with E-state index in [9.17, 15) is 31.5 Å². The second-order valence-electron chi connectivity index (χ2n) is 9.23. The maximum Gasteiger partial charge on any atom is 0.390 e. The first-order valence-electron chi connectivity index (χ1n) is 12.2. The van der Waals surface area contributed by atoms with E-state index in [4.69, 9.17) is 11.6 Å². The van der Waals surface area contributed by atoms with Gasteiger partial charge in [0.15, 0.2) is 11.6 Å². The van der Waals surface area contributed by atoms with E-state index in [1.807, 2.05) is 4.90 Å². The average Bonchev–Trinajstić information content (AvgIpc) is 3.44. The largest absolute Gasteiger partial charge is 0.390 e. The van der Waals surface area contributed by atoms with Crippen LogP contribution in [0.3, 0.4) is 0 Å². The smallest absolute Gasteiger partial charge is 0.367 e. The van der Waals surface area contributed by atoms with Gasteiger partial charge in [-0.15, -0.1) is 0 Å². The standard InChI is InChI=1S/C25H25ClF5N7O2/c1-14-12-38(9-8-37(14)7-6-25(29,30)31)19-10-16(26)3-5-18(19)35-23(39)17-4-2-15(20(27)21(17)28)11-32-24(40)22-33-13-34-36-22/h2-5,10,13-14H,6-9,11-12H2,1H3,(H,32,40)(H,35,39)(H,33,34,36)/t14-/m0/s1. The number of halogens is 6. The maximum atomic E-state index is 14.9. The molecule has 40 heavy (non-hydrogen) atoms. The quantitative estimate of drug-likeness (QED) is 0.339. The molecule has 1 atom stereocenters. The molecular weight excluding hydrogens is 561 g/mol. The van der Waals surface area contributed by atoms with E-state index in [0.29, 0.717) is 30.3 Å². The zero-order valence-corrected chi connectivity index (χ0v) is 21.9. The van der Waals surface area contributed by atoms with E-state index < -0.39 is 41.6 Å². The molecule has 1 aliphatic rings. The Kier molecular flexibility index (Phi) is 8.88. The molecule has 0 spiro atoms. The van der Waals surface area contributed by atoms with Crippen molar-refractivity contribution in [3.63, 3.8) is 0 Å². The summed E-state index contributed by atoms with van der Waals surface area (Å²) in [6.45, 7) is 2.40. The molecule has 3 N–H and O–H groups in total. The molecule has 9 nitrogen and oxygen atoms in total. The summed E-state index contributed by atoms with van der Waals surface area (Å²) in [5.41, 5.74) is 0.0184. The first kappa shape index (κ1) is 29.2. The minimum atomic E-state index is -4.25. The van der Waals surface area contributed by atoms with Crippen LogP contribution in [0.25, 0.3) is 0 Å². The number of hydrogen-bond acceptors (Lipinski definition) is 6. The number of carbonyl (C=O) groups excluding carboxylic acids is 2.